The van der Waals surface area contributed by atoms with Crippen molar-refractivity contribution >= 4 is 12.0 Å². The summed E-state index contributed by atoms with van der Waals surface area (Å²) in [6.45, 7) is 8.85. The first kappa shape index (κ1) is 23.8. The molecule has 1 heterocycles. The number of carbonyl (C=O) groups is 1. The number of carbonyl (C=O) groups excluding carboxylic acids is 1. The number of esters is 1. The predicted octanol–water partition coefficient (Wildman–Crippen LogP) is 4.66. The van der Waals surface area contributed by atoms with Crippen molar-refractivity contribution in [3.05, 3.63) is 66.0 Å². The van der Waals surface area contributed by atoms with Gasteiger partial charge >= 0.3 is 5.97 Å². The number of ether oxygens (including phenoxy) is 2. The van der Waals surface area contributed by atoms with Crippen molar-refractivity contribution < 1.29 is 24.5 Å². The van der Waals surface area contributed by atoms with E-state index in [0.717, 1.165) is 24.8 Å². The SMILES string of the molecule is C=C1CCC2C(C)(CO)C(O)CCC2(C)C1C/C=C1/C(=O)OCC1O/C=C/c1ccccc1. The van der Waals surface area contributed by atoms with E-state index in [-0.39, 0.29) is 36.4 Å². The zero-order chi connectivity index (χ0) is 23.6. The molecule has 0 radical (unpaired) electrons. The first-order valence-corrected chi connectivity index (χ1v) is 12.0. The number of rotatable bonds is 6. The standard InChI is InChI=1S/C28H36O5/c1-19-9-12-24-27(2,15-13-25(30)28(24,3)18-29)22(19)11-10-21-23(17-33-26(21)31)32-16-14-20-7-5-4-6-8-20/h4-8,10,14,16,22-25,29-30H,1,9,11-13,15,17-18H2,2-3H3/b16-14+,21-10+. The predicted molar refractivity (Wildman–Crippen MR) is 128 cm³/mol. The highest BCUT2D eigenvalue weighted by atomic mass is 16.6. The van der Waals surface area contributed by atoms with Gasteiger partial charge in [0.05, 0.1) is 24.5 Å². The highest BCUT2D eigenvalue weighted by Gasteiger charge is 2.57. The molecule has 4 rings (SSSR count). The number of cyclic esters (lactones) is 1. The Morgan fingerprint density at radius 2 is 2.00 bits per heavy atom. The Kier molecular flexibility index (Phi) is 6.83. The van der Waals surface area contributed by atoms with Crippen molar-refractivity contribution in [3.63, 3.8) is 0 Å². The van der Waals surface area contributed by atoms with Crippen LogP contribution in [0.4, 0.5) is 0 Å². The molecule has 5 heteroatoms. The van der Waals surface area contributed by atoms with Crippen molar-refractivity contribution in [1.29, 1.82) is 0 Å². The Morgan fingerprint density at radius 3 is 2.73 bits per heavy atom. The van der Waals surface area contributed by atoms with E-state index >= 15 is 0 Å². The summed E-state index contributed by atoms with van der Waals surface area (Å²) in [6.07, 6.45) is 8.58. The third-order valence-corrected chi connectivity index (χ3v) is 8.52. The maximum Gasteiger partial charge on any atom is 0.337 e. The van der Waals surface area contributed by atoms with Crippen LogP contribution in [0, 0.1) is 22.7 Å². The van der Waals surface area contributed by atoms with Gasteiger partial charge in [-0.15, -0.1) is 0 Å². The zero-order valence-corrected chi connectivity index (χ0v) is 19.7. The van der Waals surface area contributed by atoms with E-state index in [9.17, 15) is 15.0 Å². The van der Waals surface area contributed by atoms with Crippen LogP contribution in [-0.2, 0) is 14.3 Å². The molecule has 2 saturated carbocycles. The molecule has 0 amide bonds. The van der Waals surface area contributed by atoms with Crippen molar-refractivity contribution in [1.82, 2.24) is 0 Å². The van der Waals surface area contributed by atoms with E-state index in [1.807, 2.05) is 49.4 Å². The molecule has 3 fully saturated rings. The van der Waals surface area contributed by atoms with Crippen LogP contribution in [0.15, 0.2) is 60.4 Å². The first-order valence-electron chi connectivity index (χ1n) is 12.0. The van der Waals surface area contributed by atoms with Crippen LogP contribution in [0.5, 0.6) is 0 Å². The van der Waals surface area contributed by atoms with Gasteiger partial charge in [0.25, 0.3) is 0 Å². The highest BCUT2D eigenvalue weighted by Crippen LogP contribution is 2.61. The topological polar surface area (TPSA) is 76.0 Å². The molecule has 0 aromatic heterocycles. The van der Waals surface area contributed by atoms with Gasteiger partial charge in [0.1, 0.15) is 6.61 Å². The number of fused-ring (bicyclic) bond motifs is 1. The minimum Gasteiger partial charge on any atom is -0.489 e. The summed E-state index contributed by atoms with van der Waals surface area (Å²) in [7, 11) is 0. The fourth-order valence-electron chi connectivity index (χ4n) is 6.44. The molecule has 6 atom stereocenters. The van der Waals surface area contributed by atoms with Gasteiger partial charge in [-0.1, -0.05) is 62.4 Å². The molecule has 0 bridgehead atoms. The van der Waals surface area contributed by atoms with E-state index in [1.165, 1.54) is 5.57 Å². The maximum absolute atomic E-state index is 12.4. The molecule has 1 saturated heterocycles. The van der Waals surface area contributed by atoms with Crippen molar-refractivity contribution in [3.8, 4) is 0 Å². The maximum atomic E-state index is 12.4. The van der Waals surface area contributed by atoms with Gasteiger partial charge in [-0.2, -0.15) is 0 Å². The van der Waals surface area contributed by atoms with Crippen LogP contribution in [0.2, 0.25) is 0 Å². The van der Waals surface area contributed by atoms with Crippen molar-refractivity contribution in [2.45, 2.75) is 58.2 Å². The zero-order valence-electron chi connectivity index (χ0n) is 19.7. The van der Waals surface area contributed by atoms with Gasteiger partial charge in [0.15, 0.2) is 6.10 Å². The number of hydrogen-bond acceptors (Lipinski definition) is 5. The van der Waals surface area contributed by atoms with Crippen LogP contribution in [0.1, 0.15) is 51.5 Å². The van der Waals surface area contributed by atoms with Gasteiger partial charge in [-0.25, -0.2) is 4.79 Å². The Balaban J connectivity index is 1.51. The van der Waals surface area contributed by atoms with Gasteiger partial charge in [0.2, 0.25) is 0 Å². The van der Waals surface area contributed by atoms with Gasteiger partial charge in [0, 0.05) is 5.41 Å². The lowest BCUT2D eigenvalue weighted by Crippen LogP contribution is -2.57. The lowest BCUT2D eigenvalue weighted by Gasteiger charge is -2.59. The van der Waals surface area contributed by atoms with Gasteiger partial charge in [-0.05, 0) is 61.0 Å². The number of aliphatic hydroxyl groups is 2. The van der Waals surface area contributed by atoms with E-state index in [0.29, 0.717) is 18.4 Å². The average molecular weight is 453 g/mol. The largest absolute Gasteiger partial charge is 0.489 e. The third-order valence-electron chi connectivity index (χ3n) is 8.52. The van der Waals surface area contributed by atoms with E-state index in [4.69, 9.17) is 9.47 Å². The van der Waals surface area contributed by atoms with Crippen LogP contribution >= 0.6 is 0 Å². The van der Waals surface area contributed by atoms with E-state index < -0.39 is 17.6 Å². The highest BCUT2D eigenvalue weighted by molar-refractivity contribution is 5.91. The summed E-state index contributed by atoms with van der Waals surface area (Å²) in [5.41, 5.74) is 2.17. The Bertz CT molecular complexity index is 935. The number of aliphatic hydroxyl groups excluding tert-OH is 2. The summed E-state index contributed by atoms with van der Waals surface area (Å²) >= 11 is 0. The fraction of sp³-hybridized carbons (Fsp3) is 0.536. The monoisotopic (exact) mass is 452 g/mol. The molecule has 5 nitrogen and oxygen atoms in total. The molecule has 0 spiro atoms. The summed E-state index contributed by atoms with van der Waals surface area (Å²) in [4.78, 5) is 12.4. The van der Waals surface area contributed by atoms with Crippen LogP contribution in [-0.4, -0.2) is 41.6 Å². The lowest BCUT2D eigenvalue weighted by atomic mass is 9.46. The minimum atomic E-state index is -0.515. The van der Waals surface area contributed by atoms with Gasteiger partial charge < -0.3 is 19.7 Å². The molecule has 6 unspecified atom stereocenters. The molecule has 1 aromatic carbocycles. The lowest BCUT2D eigenvalue weighted by molar-refractivity contribution is -0.151. The quantitative estimate of drug-likeness (QED) is 0.284. The van der Waals surface area contributed by atoms with Crippen LogP contribution < -0.4 is 0 Å². The van der Waals surface area contributed by atoms with Crippen LogP contribution in [0.3, 0.4) is 0 Å². The summed E-state index contributed by atoms with van der Waals surface area (Å²) in [5.74, 6) is 0.0515. The molecular weight excluding hydrogens is 416 g/mol. The molecular formula is C28H36O5. The molecule has 178 valence electrons. The third kappa shape index (κ3) is 4.41. The molecule has 3 aliphatic rings. The number of benzene rings is 1. The van der Waals surface area contributed by atoms with Crippen molar-refractivity contribution in [2.24, 2.45) is 22.7 Å². The van der Waals surface area contributed by atoms with Crippen LogP contribution in [0.25, 0.3) is 6.08 Å². The molecule has 2 aliphatic carbocycles. The Hall–Kier alpha value is -2.37. The van der Waals surface area contributed by atoms with E-state index in [1.54, 1.807) is 6.26 Å². The fourth-order valence-corrected chi connectivity index (χ4v) is 6.44. The smallest absolute Gasteiger partial charge is 0.337 e. The summed E-state index contributed by atoms with van der Waals surface area (Å²) < 4.78 is 11.2. The number of hydrogen-bond donors (Lipinski definition) is 2. The second kappa shape index (κ2) is 9.47. The molecule has 1 aromatic rings. The van der Waals surface area contributed by atoms with E-state index in [2.05, 4.69) is 13.5 Å². The minimum absolute atomic E-state index is 0.0231. The summed E-state index contributed by atoms with van der Waals surface area (Å²) in [6, 6.07) is 9.86. The normalized spacial score (nSPS) is 37.9. The second-order valence-corrected chi connectivity index (χ2v) is 10.4. The van der Waals surface area contributed by atoms with Crippen molar-refractivity contribution in [2.75, 3.05) is 13.2 Å². The Labute approximate surface area is 196 Å². The molecule has 1 aliphatic heterocycles. The first-order chi connectivity index (χ1) is 15.8. The molecule has 33 heavy (non-hydrogen) atoms. The summed E-state index contributed by atoms with van der Waals surface area (Å²) in [5, 5.41) is 20.9. The number of allylic oxidation sites excluding steroid dienone is 2. The molecule has 2 N–H and O–H groups in total. The second-order valence-electron chi connectivity index (χ2n) is 10.4. The Morgan fingerprint density at radius 1 is 1.24 bits per heavy atom. The van der Waals surface area contributed by atoms with Gasteiger partial charge in [-0.3, -0.25) is 0 Å². The average Bonchev–Trinajstić information content (AvgIpc) is 3.16.